The predicted molar refractivity (Wildman–Crippen MR) is 111 cm³/mol. The van der Waals surface area contributed by atoms with Crippen molar-refractivity contribution in [2.24, 2.45) is 0 Å². The van der Waals surface area contributed by atoms with Gasteiger partial charge in [0.1, 0.15) is 11.7 Å². The molecule has 2 bridgehead atoms. The van der Waals surface area contributed by atoms with E-state index in [4.69, 9.17) is 13.7 Å². The van der Waals surface area contributed by atoms with E-state index in [2.05, 4.69) is 4.98 Å². The number of thioether (sulfide) groups is 1. The van der Waals surface area contributed by atoms with Crippen molar-refractivity contribution >= 4 is 21.9 Å². The van der Waals surface area contributed by atoms with E-state index in [1.54, 1.807) is 6.92 Å². The molecule has 11 heteroatoms. The first kappa shape index (κ1) is 21.3. The van der Waals surface area contributed by atoms with E-state index in [9.17, 15) is 18.0 Å². The SMILES string of the molecule is Cc1cn([C@@H]2O[C@@]3(COS(C)(=O)=O)CS[C@@H]2[C@H]3OCc2ccccc2)c(=O)[nH]c1=O. The van der Waals surface area contributed by atoms with Crippen LogP contribution in [0.3, 0.4) is 0 Å². The molecular weight excluding hydrogens is 432 g/mol. The highest BCUT2D eigenvalue weighted by Crippen LogP contribution is 2.53. The minimum Gasteiger partial charge on any atom is -0.369 e. The summed E-state index contributed by atoms with van der Waals surface area (Å²) in [5.74, 6) is 0.459. The highest BCUT2D eigenvalue weighted by atomic mass is 32.2. The quantitative estimate of drug-likeness (QED) is 0.611. The van der Waals surface area contributed by atoms with Gasteiger partial charge in [-0.3, -0.25) is 18.5 Å². The molecule has 1 aromatic heterocycles. The van der Waals surface area contributed by atoms with Crippen molar-refractivity contribution < 1.29 is 22.1 Å². The molecule has 0 radical (unpaired) electrons. The highest BCUT2D eigenvalue weighted by Gasteiger charge is 2.63. The second-order valence-corrected chi connectivity index (χ2v) is 10.3. The number of aryl methyl sites for hydroxylation is 1. The van der Waals surface area contributed by atoms with E-state index in [1.165, 1.54) is 22.5 Å². The number of nitrogens with zero attached hydrogens (tertiary/aromatic N) is 1. The fourth-order valence-electron chi connectivity index (χ4n) is 3.71. The summed E-state index contributed by atoms with van der Waals surface area (Å²) in [6.07, 6.45) is 1.20. The molecule has 0 aliphatic carbocycles. The van der Waals surface area contributed by atoms with Gasteiger partial charge in [0.05, 0.1) is 24.7 Å². The molecule has 162 valence electrons. The fraction of sp³-hybridized carbons (Fsp3) is 0.474. The third kappa shape index (κ3) is 4.12. The molecule has 0 spiro atoms. The van der Waals surface area contributed by atoms with Gasteiger partial charge >= 0.3 is 5.69 Å². The van der Waals surface area contributed by atoms with Crippen molar-refractivity contribution in [3.8, 4) is 0 Å². The van der Waals surface area contributed by atoms with Gasteiger partial charge in [-0.05, 0) is 12.5 Å². The number of H-pyrrole nitrogens is 1. The summed E-state index contributed by atoms with van der Waals surface area (Å²) in [5.41, 5.74) is -0.763. The second kappa shape index (κ2) is 7.97. The van der Waals surface area contributed by atoms with Gasteiger partial charge in [0.15, 0.2) is 6.23 Å². The summed E-state index contributed by atoms with van der Waals surface area (Å²) in [7, 11) is -3.70. The molecule has 2 aliphatic rings. The van der Waals surface area contributed by atoms with Crippen LogP contribution in [-0.2, 0) is 30.4 Å². The molecular formula is C19H22N2O7S2. The molecule has 4 atom stereocenters. The van der Waals surface area contributed by atoms with Crippen molar-refractivity contribution in [1.82, 2.24) is 9.55 Å². The summed E-state index contributed by atoms with van der Waals surface area (Å²) in [6.45, 7) is 1.68. The average Bonchev–Trinajstić information content (AvgIpc) is 3.20. The van der Waals surface area contributed by atoms with Crippen molar-refractivity contribution in [1.29, 1.82) is 0 Å². The summed E-state index contributed by atoms with van der Waals surface area (Å²) in [4.78, 5) is 26.4. The van der Waals surface area contributed by atoms with Gasteiger partial charge in [-0.2, -0.15) is 8.42 Å². The Bertz CT molecular complexity index is 1150. The van der Waals surface area contributed by atoms with Crippen LogP contribution in [0.1, 0.15) is 17.4 Å². The zero-order valence-electron chi connectivity index (χ0n) is 16.4. The predicted octanol–water partition coefficient (Wildman–Crippen LogP) is 0.790. The van der Waals surface area contributed by atoms with Crippen molar-refractivity contribution in [2.75, 3.05) is 18.6 Å². The third-order valence-corrected chi connectivity index (χ3v) is 7.25. The van der Waals surface area contributed by atoms with E-state index >= 15 is 0 Å². The van der Waals surface area contributed by atoms with Gasteiger partial charge in [0, 0.05) is 17.5 Å². The number of aromatic amines is 1. The Morgan fingerprint density at radius 2 is 2.03 bits per heavy atom. The molecule has 0 saturated carbocycles. The molecule has 2 saturated heterocycles. The molecule has 2 fully saturated rings. The molecule has 2 aromatic rings. The molecule has 2 aliphatic heterocycles. The standard InChI is InChI=1S/C19H22N2O7S2/c1-12-8-21(18(23)20-16(12)22)17-14-15(26-9-13-6-4-3-5-7-13)19(28-17,11-29-14)10-27-30(2,24)25/h3-8,14-15,17H,9-11H2,1-2H3,(H,20,22,23)/t14-,15-,17-,19+/m1/s1. The van der Waals surface area contributed by atoms with Crippen LogP contribution in [0.2, 0.25) is 0 Å². The van der Waals surface area contributed by atoms with Gasteiger partial charge < -0.3 is 9.47 Å². The first-order chi connectivity index (χ1) is 14.2. The van der Waals surface area contributed by atoms with E-state index in [1.807, 2.05) is 30.3 Å². The maximum Gasteiger partial charge on any atom is 0.330 e. The lowest BCUT2D eigenvalue weighted by Gasteiger charge is -2.31. The first-order valence-corrected chi connectivity index (χ1v) is 12.2. The number of hydrogen-bond donors (Lipinski definition) is 1. The smallest absolute Gasteiger partial charge is 0.330 e. The Balaban J connectivity index is 1.65. The van der Waals surface area contributed by atoms with E-state index < -0.39 is 39.3 Å². The van der Waals surface area contributed by atoms with Crippen LogP contribution >= 0.6 is 11.8 Å². The van der Waals surface area contributed by atoms with Crippen molar-refractivity contribution in [2.45, 2.75) is 36.7 Å². The van der Waals surface area contributed by atoms with Crippen LogP contribution < -0.4 is 11.2 Å². The Kier molecular flexibility index (Phi) is 5.66. The Morgan fingerprint density at radius 1 is 1.30 bits per heavy atom. The average molecular weight is 455 g/mol. The maximum atomic E-state index is 12.4. The lowest BCUT2D eigenvalue weighted by molar-refractivity contribution is -0.124. The zero-order chi connectivity index (χ0) is 21.5. The zero-order valence-corrected chi connectivity index (χ0v) is 18.1. The topological polar surface area (TPSA) is 117 Å². The van der Waals surface area contributed by atoms with Crippen LogP contribution in [0.5, 0.6) is 0 Å². The summed E-state index contributed by atoms with van der Waals surface area (Å²) in [6, 6.07) is 9.57. The normalized spacial score (nSPS) is 28.1. The molecule has 0 unspecified atom stereocenters. The lowest BCUT2D eigenvalue weighted by Crippen LogP contribution is -2.46. The van der Waals surface area contributed by atoms with E-state index in [-0.39, 0.29) is 11.9 Å². The number of fused-ring (bicyclic) bond motifs is 2. The minimum atomic E-state index is -3.70. The molecule has 30 heavy (non-hydrogen) atoms. The first-order valence-electron chi connectivity index (χ1n) is 9.30. The number of nitrogens with one attached hydrogen (secondary N) is 1. The minimum absolute atomic E-state index is 0.220. The Morgan fingerprint density at radius 3 is 2.73 bits per heavy atom. The number of rotatable bonds is 7. The van der Waals surface area contributed by atoms with Crippen LogP contribution in [0, 0.1) is 6.92 Å². The Labute approximate surface area is 177 Å². The molecule has 4 rings (SSSR count). The summed E-state index contributed by atoms with van der Waals surface area (Å²) >= 11 is 1.53. The number of ether oxygens (including phenoxy) is 2. The molecule has 1 aromatic carbocycles. The van der Waals surface area contributed by atoms with Crippen molar-refractivity contribution in [3.63, 3.8) is 0 Å². The van der Waals surface area contributed by atoms with Gasteiger partial charge in [-0.15, -0.1) is 11.8 Å². The molecule has 3 heterocycles. The van der Waals surface area contributed by atoms with Crippen LogP contribution in [0.25, 0.3) is 0 Å². The van der Waals surface area contributed by atoms with Crippen LogP contribution in [0.15, 0.2) is 46.1 Å². The van der Waals surface area contributed by atoms with E-state index in [0.717, 1.165) is 11.8 Å². The van der Waals surface area contributed by atoms with Crippen LogP contribution in [-0.4, -0.2) is 53.5 Å². The highest BCUT2D eigenvalue weighted by molar-refractivity contribution is 8.00. The van der Waals surface area contributed by atoms with Gasteiger partial charge in [0.2, 0.25) is 0 Å². The second-order valence-electron chi connectivity index (χ2n) is 7.51. The monoisotopic (exact) mass is 454 g/mol. The van der Waals surface area contributed by atoms with Gasteiger partial charge in [-0.25, -0.2) is 4.79 Å². The number of benzene rings is 1. The fourth-order valence-corrected chi connectivity index (χ4v) is 5.76. The Hall–Kier alpha value is -1.92. The van der Waals surface area contributed by atoms with Crippen LogP contribution in [0.4, 0.5) is 0 Å². The molecule has 0 amide bonds. The van der Waals surface area contributed by atoms with Gasteiger partial charge in [0.25, 0.3) is 15.7 Å². The number of aromatic nitrogens is 2. The summed E-state index contributed by atoms with van der Waals surface area (Å²) in [5, 5.41) is -0.278. The third-order valence-electron chi connectivity index (χ3n) is 5.18. The molecule has 1 N–H and O–H groups in total. The maximum absolute atomic E-state index is 12.4. The summed E-state index contributed by atoms with van der Waals surface area (Å²) < 4.78 is 42.0. The van der Waals surface area contributed by atoms with E-state index in [0.29, 0.717) is 17.9 Å². The molecule has 9 nitrogen and oxygen atoms in total. The van der Waals surface area contributed by atoms with Gasteiger partial charge in [-0.1, -0.05) is 30.3 Å². The number of hydrogen-bond acceptors (Lipinski definition) is 8. The largest absolute Gasteiger partial charge is 0.369 e. The lowest BCUT2D eigenvalue weighted by atomic mass is 10.00. The van der Waals surface area contributed by atoms with Crippen molar-refractivity contribution in [3.05, 3.63) is 68.5 Å².